The molecule has 2 nitrogen and oxygen atoms in total. The van der Waals surface area contributed by atoms with Crippen LogP contribution >= 0.6 is 0 Å². The number of nitrogens with zero attached hydrogens (tertiary/aromatic N) is 1. The predicted octanol–water partition coefficient (Wildman–Crippen LogP) is 1.72. The molecule has 0 radical (unpaired) electrons. The van der Waals surface area contributed by atoms with E-state index in [1.54, 1.807) is 0 Å². The molecular formula is C13H24N2. The Hall–Kier alpha value is -0.520. The molecule has 1 unspecified atom stereocenters. The summed E-state index contributed by atoms with van der Waals surface area (Å²) in [5, 5.41) is 3.47. The van der Waals surface area contributed by atoms with Crippen LogP contribution in [-0.2, 0) is 0 Å². The normalized spacial score (nSPS) is 21.5. The maximum atomic E-state index is 5.32. The fourth-order valence-corrected chi connectivity index (χ4v) is 2.25. The van der Waals surface area contributed by atoms with Crippen molar-refractivity contribution in [1.82, 2.24) is 10.2 Å². The van der Waals surface area contributed by atoms with Crippen LogP contribution in [0, 0.1) is 18.3 Å². The Morgan fingerprint density at radius 2 is 2.40 bits per heavy atom. The third-order valence-electron chi connectivity index (χ3n) is 3.25. The first-order valence-electron chi connectivity index (χ1n) is 6.23. The first-order chi connectivity index (χ1) is 7.36. The van der Waals surface area contributed by atoms with Gasteiger partial charge in [0.1, 0.15) is 0 Å². The van der Waals surface area contributed by atoms with Gasteiger partial charge in [0.2, 0.25) is 0 Å². The fourth-order valence-electron chi connectivity index (χ4n) is 2.25. The highest BCUT2D eigenvalue weighted by molar-refractivity contribution is 4.87. The van der Waals surface area contributed by atoms with Crippen molar-refractivity contribution in [2.45, 2.75) is 32.6 Å². The zero-order valence-corrected chi connectivity index (χ0v) is 9.97. The van der Waals surface area contributed by atoms with Crippen molar-refractivity contribution in [1.29, 1.82) is 0 Å². The number of rotatable bonds is 6. The SMILES string of the molecule is C#CCN(CC)CCCC1CCCNC1. The number of hydrogen-bond acceptors (Lipinski definition) is 2. The number of nitrogens with one attached hydrogen (secondary N) is 1. The minimum atomic E-state index is 0.805. The molecule has 1 fully saturated rings. The van der Waals surface area contributed by atoms with Crippen molar-refractivity contribution < 1.29 is 0 Å². The summed E-state index contributed by atoms with van der Waals surface area (Å²) in [6.45, 7) is 7.67. The van der Waals surface area contributed by atoms with Crippen LogP contribution < -0.4 is 5.32 Å². The van der Waals surface area contributed by atoms with E-state index in [1.807, 2.05) is 0 Å². The molecule has 1 atom stereocenters. The molecule has 0 aromatic heterocycles. The Labute approximate surface area is 94.4 Å². The Morgan fingerprint density at radius 1 is 1.53 bits per heavy atom. The lowest BCUT2D eigenvalue weighted by Gasteiger charge is -2.24. The molecule has 1 heterocycles. The van der Waals surface area contributed by atoms with Gasteiger partial charge in [0.25, 0.3) is 0 Å². The van der Waals surface area contributed by atoms with Crippen molar-refractivity contribution in [3.8, 4) is 12.3 Å². The smallest absolute Gasteiger partial charge is 0.0598 e. The third-order valence-corrected chi connectivity index (χ3v) is 3.25. The summed E-state index contributed by atoms with van der Waals surface area (Å²) < 4.78 is 0. The van der Waals surface area contributed by atoms with E-state index >= 15 is 0 Å². The second kappa shape index (κ2) is 7.73. The van der Waals surface area contributed by atoms with Crippen molar-refractivity contribution in [3.63, 3.8) is 0 Å². The van der Waals surface area contributed by atoms with Crippen molar-refractivity contribution in [2.24, 2.45) is 5.92 Å². The summed E-state index contributed by atoms with van der Waals surface area (Å²) in [5.74, 6) is 3.63. The molecule has 1 rings (SSSR count). The number of piperidine rings is 1. The molecular weight excluding hydrogens is 184 g/mol. The summed E-state index contributed by atoms with van der Waals surface area (Å²) in [5.41, 5.74) is 0. The molecule has 1 N–H and O–H groups in total. The molecule has 0 saturated carbocycles. The van der Waals surface area contributed by atoms with E-state index in [1.165, 1.54) is 38.8 Å². The molecule has 86 valence electrons. The summed E-state index contributed by atoms with van der Waals surface area (Å²) in [7, 11) is 0. The van der Waals surface area contributed by atoms with Gasteiger partial charge < -0.3 is 5.32 Å². The molecule has 2 heteroatoms. The van der Waals surface area contributed by atoms with Crippen molar-refractivity contribution >= 4 is 0 Å². The van der Waals surface area contributed by atoms with Gasteiger partial charge in [-0.05, 0) is 57.8 Å². The Kier molecular flexibility index (Phi) is 6.47. The van der Waals surface area contributed by atoms with Gasteiger partial charge >= 0.3 is 0 Å². The van der Waals surface area contributed by atoms with E-state index in [9.17, 15) is 0 Å². The largest absolute Gasteiger partial charge is 0.316 e. The molecule has 1 aliphatic heterocycles. The highest BCUT2D eigenvalue weighted by Gasteiger charge is 2.12. The van der Waals surface area contributed by atoms with Gasteiger partial charge in [0.15, 0.2) is 0 Å². The summed E-state index contributed by atoms with van der Waals surface area (Å²) in [6, 6.07) is 0. The minimum Gasteiger partial charge on any atom is -0.316 e. The van der Waals surface area contributed by atoms with Crippen LogP contribution in [0.3, 0.4) is 0 Å². The predicted molar refractivity (Wildman–Crippen MR) is 65.8 cm³/mol. The van der Waals surface area contributed by atoms with Crippen LogP contribution in [0.2, 0.25) is 0 Å². The van der Waals surface area contributed by atoms with Crippen LogP contribution in [0.25, 0.3) is 0 Å². The maximum Gasteiger partial charge on any atom is 0.0598 e. The lowest BCUT2D eigenvalue weighted by Crippen LogP contribution is -2.31. The average molecular weight is 208 g/mol. The van der Waals surface area contributed by atoms with E-state index in [4.69, 9.17) is 6.42 Å². The monoisotopic (exact) mass is 208 g/mol. The third kappa shape index (κ3) is 5.20. The highest BCUT2D eigenvalue weighted by atomic mass is 15.1. The summed E-state index contributed by atoms with van der Waals surface area (Å²) >= 11 is 0. The molecule has 1 aliphatic rings. The zero-order valence-electron chi connectivity index (χ0n) is 9.97. The Bertz CT molecular complexity index is 189. The number of terminal acetylenes is 1. The molecule has 0 amide bonds. The molecule has 0 bridgehead atoms. The molecule has 0 aromatic carbocycles. The fraction of sp³-hybridized carbons (Fsp3) is 0.846. The Morgan fingerprint density at radius 3 is 3.00 bits per heavy atom. The lowest BCUT2D eigenvalue weighted by atomic mass is 9.95. The highest BCUT2D eigenvalue weighted by Crippen LogP contribution is 2.15. The minimum absolute atomic E-state index is 0.805. The van der Waals surface area contributed by atoms with Gasteiger partial charge in [-0.3, -0.25) is 4.90 Å². The van der Waals surface area contributed by atoms with Crippen molar-refractivity contribution in [3.05, 3.63) is 0 Å². The maximum absolute atomic E-state index is 5.32. The van der Waals surface area contributed by atoms with Gasteiger partial charge in [0.05, 0.1) is 6.54 Å². The zero-order chi connectivity index (χ0) is 10.9. The molecule has 0 aromatic rings. The van der Waals surface area contributed by atoms with Gasteiger partial charge in [-0.2, -0.15) is 0 Å². The van der Waals surface area contributed by atoms with Gasteiger partial charge in [-0.1, -0.05) is 12.8 Å². The lowest BCUT2D eigenvalue weighted by molar-refractivity contribution is 0.286. The first kappa shape index (κ1) is 12.5. The number of hydrogen-bond donors (Lipinski definition) is 1. The van der Waals surface area contributed by atoms with E-state index in [0.29, 0.717) is 0 Å². The van der Waals surface area contributed by atoms with Crippen molar-refractivity contribution in [2.75, 3.05) is 32.7 Å². The second-order valence-electron chi connectivity index (χ2n) is 4.43. The molecule has 1 saturated heterocycles. The van der Waals surface area contributed by atoms with Gasteiger partial charge in [-0.15, -0.1) is 6.42 Å². The quantitative estimate of drug-likeness (QED) is 0.669. The van der Waals surface area contributed by atoms with Crippen LogP contribution in [0.4, 0.5) is 0 Å². The van der Waals surface area contributed by atoms with Gasteiger partial charge in [-0.25, -0.2) is 0 Å². The van der Waals surface area contributed by atoms with Crippen LogP contribution in [0.15, 0.2) is 0 Å². The molecule has 15 heavy (non-hydrogen) atoms. The standard InChI is InChI=1S/C13H24N2/c1-3-10-15(4-2)11-6-8-13-7-5-9-14-12-13/h1,13-14H,4-12H2,2H3. The van der Waals surface area contributed by atoms with Crippen LogP contribution in [-0.4, -0.2) is 37.6 Å². The topological polar surface area (TPSA) is 15.3 Å². The van der Waals surface area contributed by atoms with E-state index in [2.05, 4.69) is 23.1 Å². The van der Waals surface area contributed by atoms with Crippen LogP contribution in [0.1, 0.15) is 32.6 Å². The van der Waals surface area contributed by atoms with Crippen LogP contribution in [0.5, 0.6) is 0 Å². The van der Waals surface area contributed by atoms with E-state index in [0.717, 1.165) is 25.6 Å². The molecule has 0 aliphatic carbocycles. The van der Waals surface area contributed by atoms with Gasteiger partial charge in [0, 0.05) is 0 Å². The average Bonchev–Trinajstić information content (AvgIpc) is 2.29. The summed E-state index contributed by atoms with van der Waals surface area (Å²) in [6.07, 6.45) is 10.7. The summed E-state index contributed by atoms with van der Waals surface area (Å²) in [4.78, 5) is 2.34. The Balaban J connectivity index is 2.06. The molecule has 0 spiro atoms. The second-order valence-corrected chi connectivity index (χ2v) is 4.43. The van der Waals surface area contributed by atoms with E-state index < -0.39 is 0 Å². The first-order valence-corrected chi connectivity index (χ1v) is 6.23. The van der Waals surface area contributed by atoms with E-state index in [-0.39, 0.29) is 0 Å².